The van der Waals surface area contributed by atoms with Crippen molar-refractivity contribution >= 4 is 5.91 Å². The first-order chi connectivity index (χ1) is 13.9. The Hall–Kier alpha value is -2.95. The van der Waals surface area contributed by atoms with E-state index in [0.29, 0.717) is 18.5 Å². The van der Waals surface area contributed by atoms with Gasteiger partial charge in [0.2, 0.25) is 5.82 Å². The highest BCUT2D eigenvalue weighted by Crippen LogP contribution is 2.30. The summed E-state index contributed by atoms with van der Waals surface area (Å²) in [6.45, 7) is 8.89. The second-order valence-electron chi connectivity index (χ2n) is 8.26. The molecule has 3 aromatic rings. The zero-order valence-corrected chi connectivity index (χ0v) is 17.6. The number of aryl methyl sites for hydroxylation is 2. The van der Waals surface area contributed by atoms with Crippen molar-refractivity contribution in [2.75, 3.05) is 0 Å². The lowest BCUT2D eigenvalue weighted by Gasteiger charge is -2.21. The third-order valence-corrected chi connectivity index (χ3v) is 5.47. The summed E-state index contributed by atoms with van der Waals surface area (Å²) in [5, 5.41) is 4.62. The summed E-state index contributed by atoms with van der Waals surface area (Å²) < 4.78 is 1.81. The molecule has 1 aliphatic carbocycles. The van der Waals surface area contributed by atoms with Gasteiger partial charge in [-0.25, -0.2) is 9.67 Å². The number of para-hydroxylation sites is 1. The highest BCUT2D eigenvalue weighted by molar-refractivity contribution is 5.91. The Balaban J connectivity index is 1.63. The van der Waals surface area contributed by atoms with E-state index in [1.807, 2.05) is 30.0 Å². The first kappa shape index (κ1) is 19.4. The number of aromatic nitrogens is 3. The van der Waals surface area contributed by atoms with Gasteiger partial charge in [-0.2, -0.15) is 0 Å². The summed E-state index contributed by atoms with van der Waals surface area (Å²) in [5.41, 5.74) is 4.54. The highest BCUT2D eigenvalue weighted by Gasteiger charge is 2.35. The molecule has 1 amide bonds. The van der Waals surface area contributed by atoms with Crippen molar-refractivity contribution in [2.24, 2.45) is 0 Å². The molecule has 0 aliphatic heterocycles. The van der Waals surface area contributed by atoms with Gasteiger partial charge in [0.05, 0.1) is 5.69 Å². The van der Waals surface area contributed by atoms with Crippen LogP contribution in [0.3, 0.4) is 0 Å². The number of hydrogen-bond acceptors (Lipinski definition) is 3. The molecule has 1 saturated carbocycles. The van der Waals surface area contributed by atoms with E-state index in [1.165, 1.54) is 11.1 Å². The molecule has 5 nitrogen and oxygen atoms in total. The number of rotatable bonds is 6. The van der Waals surface area contributed by atoms with E-state index in [0.717, 1.165) is 29.9 Å². The zero-order chi connectivity index (χ0) is 20.5. The molecule has 0 atom stereocenters. The number of carbonyl (C=O) groups excluding carboxylic acids is 1. The fourth-order valence-corrected chi connectivity index (χ4v) is 3.65. The van der Waals surface area contributed by atoms with Crippen LogP contribution in [-0.4, -0.2) is 31.6 Å². The maximum atomic E-state index is 13.3. The quantitative estimate of drug-likeness (QED) is 0.609. The van der Waals surface area contributed by atoms with Gasteiger partial charge in [0.25, 0.3) is 5.91 Å². The maximum Gasteiger partial charge on any atom is 0.294 e. The van der Waals surface area contributed by atoms with Crippen molar-refractivity contribution in [2.45, 2.75) is 59.0 Å². The van der Waals surface area contributed by atoms with E-state index in [9.17, 15) is 4.79 Å². The summed E-state index contributed by atoms with van der Waals surface area (Å²) >= 11 is 0. The summed E-state index contributed by atoms with van der Waals surface area (Å²) in [6.07, 6.45) is 2.10. The fraction of sp³-hybridized carbons (Fsp3) is 0.375. The molecule has 5 heteroatoms. The second-order valence-corrected chi connectivity index (χ2v) is 8.26. The molecule has 29 heavy (non-hydrogen) atoms. The van der Waals surface area contributed by atoms with Gasteiger partial charge < -0.3 is 4.90 Å². The van der Waals surface area contributed by atoms with Gasteiger partial charge in [0.15, 0.2) is 0 Å². The van der Waals surface area contributed by atoms with Crippen molar-refractivity contribution in [3.63, 3.8) is 0 Å². The van der Waals surface area contributed by atoms with E-state index in [4.69, 9.17) is 0 Å². The van der Waals surface area contributed by atoms with Gasteiger partial charge in [-0.1, -0.05) is 61.9 Å². The third-order valence-electron chi connectivity index (χ3n) is 5.47. The van der Waals surface area contributed by atoms with Crippen LogP contribution in [0.1, 0.15) is 65.7 Å². The molecule has 0 bridgehead atoms. The number of benzene rings is 2. The molecule has 0 unspecified atom stereocenters. The topological polar surface area (TPSA) is 51.0 Å². The molecule has 0 radical (unpaired) electrons. The highest BCUT2D eigenvalue weighted by atomic mass is 16.2. The number of hydrogen-bond donors (Lipinski definition) is 0. The molecule has 4 rings (SSSR count). The lowest BCUT2D eigenvalue weighted by atomic mass is 10.0. The molecule has 1 heterocycles. The Bertz CT molecular complexity index is 1020. The Morgan fingerprint density at radius 1 is 1.10 bits per heavy atom. The van der Waals surface area contributed by atoms with Gasteiger partial charge in [-0.3, -0.25) is 4.79 Å². The van der Waals surface area contributed by atoms with E-state index < -0.39 is 0 Å². The van der Waals surface area contributed by atoms with Gasteiger partial charge >= 0.3 is 0 Å². The molecule has 1 fully saturated rings. The molecule has 0 saturated heterocycles. The Morgan fingerprint density at radius 3 is 2.45 bits per heavy atom. The molecule has 1 aliphatic rings. The first-order valence-corrected chi connectivity index (χ1v) is 10.3. The summed E-state index contributed by atoms with van der Waals surface area (Å²) in [7, 11) is 0. The summed E-state index contributed by atoms with van der Waals surface area (Å²) in [6, 6.07) is 16.8. The van der Waals surface area contributed by atoms with E-state index in [-0.39, 0.29) is 11.7 Å². The van der Waals surface area contributed by atoms with Gasteiger partial charge in [0.1, 0.15) is 5.82 Å². The van der Waals surface area contributed by atoms with Gasteiger partial charge in [-0.15, -0.1) is 5.10 Å². The predicted octanol–water partition coefficient (Wildman–Crippen LogP) is 4.81. The number of nitrogens with zero attached hydrogens (tertiary/aromatic N) is 4. The van der Waals surface area contributed by atoms with Crippen LogP contribution in [0, 0.1) is 13.8 Å². The summed E-state index contributed by atoms with van der Waals surface area (Å²) in [4.78, 5) is 19.8. The minimum Gasteiger partial charge on any atom is -0.329 e. The normalized spacial score (nSPS) is 13.7. The lowest BCUT2D eigenvalue weighted by molar-refractivity contribution is 0.0717. The van der Waals surface area contributed by atoms with Crippen molar-refractivity contribution in [1.82, 2.24) is 19.7 Å². The molecular formula is C24H28N4O. The Morgan fingerprint density at radius 2 is 1.79 bits per heavy atom. The molecule has 2 aromatic carbocycles. The Kier molecular flexibility index (Phi) is 5.22. The van der Waals surface area contributed by atoms with Crippen LogP contribution in [0.25, 0.3) is 5.69 Å². The second kappa shape index (κ2) is 7.82. The maximum absolute atomic E-state index is 13.3. The minimum absolute atomic E-state index is 0.0862. The molecular weight excluding hydrogens is 360 g/mol. The number of carbonyl (C=O) groups is 1. The van der Waals surface area contributed by atoms with E-state index in [1.54, 1.807) is 4.68 Å². The molecule has 150 valence electrons. The van der Waals surface area contributed by atoms with Crippen LogP contribution in [-0.2, 0) is 6.54 Å². The van der Waals surface area contributed by atoms with Crippen LogP contribution >= 0.6 is 0 Å². The van der Waals surface area contributed by atoms with E-state index in [2.05, 4.69) is 61.2 Å². The average molecular weight is 389 g/mol. The van der Waals surface area contributed by atoms with Gasteiger partial charge in [0, 0.05) is 12.6 Å². The van der Waals surface area contributed by atoms with Crippen molar-refractivity contribution < 1.29 is 4.79 Å². The average Bonchev–Trinajstić information content (AvgIpc) is 3.48. The predicted molar refractivity (Wildman–Crippen MR) is 114 cm³/mol. The zero-order valence-electron chi connectivity index (χ0n) is 17.6. The van der Waals surface area contributed by atoms with Crippen molar-refractivity contribution in [1.29, 1.82) is 0 Å². The largest absolute Gasteiger partial charge is 0.329 e. The lowest BCUT2D eigenvalue weighted by Crippen LogP contribution is -2.33. The molecule has 1 aromatic heterocycles. The SMILES string of the molecule is Cc1ccc(CN(C(=O)c2nc(C)n(-c3ccccc3C(C)C)n2)C2CC2)cc1. The third kappa shape index (κ3) is 4.09. The van der Waals surface area contributed by atoms with Crippen LogP contribution < -0.4 is 0 Å². The van der Waals surface area contributed by atoms with Crippen LogP contribution in [0.2, 0.25) is 0 Å². The van der Waals surface area contributed by atoms with Crippen molar-refractivity contribution in [3.8, 4) is 5.69 Å². The minimum atomic E-state index is -0.0862. The Labute approximate surface area is 172 Å². The van der Waals surface area contributed by atoms with Crippen molar-refractivity contribution in [3.05, 3.63) is 76.9 Å². The van der Waals surface area contributed by atoms with Crippen LogP contribution in [0.15, 0.2) is 48.5 Å². The molecule has 0 N–H and O–H groups in total. The van der Waals surface area contributed by atoms with Crippen LogP contribution in [0.5, 0.6) is 0 Å². The summed E-state index contributed by atoms with van der Waals surface area (Å²) in [5.74, 6) is 1.28. The fourth-order valence-electron chi connectivity index (χ4n) is 3.65. The van der Waals surface area contributed by atoms with Gasteiger partial charge in [-0.05, 0) is 49.8 Å². The molecule has 0 spiro atoms. The van der Waals surface area contributed by atoms with E-state index >= 15 is 0 Å². The standard InChI is InChI=1S/C24H28N4O/c1-16(2)21-7-5-6-8-22(21)28-18(4)25-23(26-28)24(29)27(20-13-14-20)15-19-11-9-17(3)10-12-19/h5-12,16,20H,13-15H2,1-4H3. The smallest absolute Gasteiger partial charge is 0.294 e. The monoisotopic (exact) mass is 388 g/mol. The number of amides is 1. The first-order valence-electron chi connectivity index (χ1n) is 10.3. The van der Waals surface area contributed by atoms with Crippen LogP contribution in [0.4, 0.5) is 0 Å².